The molecule has 1 aromatic rings. The third kappa shape index (κ3) is 3.93. The van der Waals surface area contributed by atoms with Gasteiger partial charge in [0.25, 0.3) is 0 Å². The van der Waals surface area contributed by atoms with Crippen molar-refractivity contribution >= 4 is 17.9 Å². The summed E-state index contributed by atoms with van der Waals surface area (Å²) in [6, 6.07) is 8.00. The van der Waals surface area contributed by atoms with Gasteiger partial charge >= 0.3 is 0 Å². The highest BCUT2D eigenvalue weighted by atomic mass is 16.3. The lowest BCUT2D eigenvalue weighted by molar-refractivity contribution is -0.155. The van der Waals surface area contributed by atoms with Crippen molar-refractivity contribution in [2.24, 2.45) is 5.92 Å². The first-order chi connectivity index (χ1) is 13.0. The molecule has 0 radical (unpaired) electrons. The van der Waals surface area contributed by atoms with Crippen molar-refractivity contribution in [3.05, 3.63) is 41.5 Å². The minimum absolute atomic E-state index is 0.0458. The van der Waals surface area contributed by atoms with Crippen LogP contribution in [0.4, 0.5) is 0 Å². The molecule has 1 heterocycles. The van der Waals surface area contributed by atoms with Crippen LogP contribution in [0.25, 0.3) is 6.08 Å². The van der Waals surface area contributed by atoms with Gasteiger partial charge in [-0.1, -0.05) is 43.3 Å². The number of nitrogens with zero attached hydrogens (tertiary/aromatic N) is 2. The summed E-state index contributed by atoms with van der Waals surface area (Å²) in [6.07, 6.45) is 6.37. The Kier molecular flexibility index (Phi) is 6.00. The zero-order chi connectivity index (χ0) is 19.6. The smallest absolute Gasteiger partial charge is 0.226 e. The van der Waals surface area contributed by atoms with Gasteiger partial charge in [-0.3, -0.25) is 9.59 Å². The number of carbonyl (C=O) groups is 2. The van der Waals surface area contributed by atoms with E-state index in [1.54, 1.807) is 11.9 Å². The van der Waals surface area contributed by atoms with E-state index in [1.165, 1.54) is 0 Å². The monoisotopic (exact) mass is 370 g/mol. The maximum Gasteiger partial charge on any atom is 0.226 e. The number of aliphatic hydroxyl groups excluding tert-OH is 1. The van der Waals surface area contributed by atoms with Crippen molar-refractivity contribution in [2.75, 3.05) is 20.2 Å². The van der Waals surface area contributed by atoms with Crippen molar-refractivity contribution < 1.29 is 14.7 Å². The molecule has 0 bridgehead atoms. The van der Waals surface area contributed by atoms with Crippen LogP contribution in [0.15, 0.2) is 30.3 Å². The molecule has 5 heteroatoms. The number of hydrogen-bond acceptors (Lipinski definition) is 3. The van der Waals surface area contributed by atoms with E-state index in [0.717, 1.165) is 24.0 Å². The Hall–Kier alpha value is -2.14. The SMILES string of the molecule is C/C=C/c1ccc([C@H]2[C@@H](CO)N(C(=O)C3CC3)[C@H]2CN(C)C(=O)CC)cc1. The number of likely N-dealkylation sites (tertiary alicyclic amines) is 1. The molecule has 146 valence electrons. The Morgan fingerprint density at radius 2 is 1.89 bits per heavy atom. The summed E-state index contributed by atoms with van der Waals surface area (Å²) in [7, 11) is 1.80. The lowest BCUT2D eigenvalue weighted by Crippen LogP contribution is -2.69. The van der Waals surface area contributed by atoms with Gasteiger partial charge in [-0.2, -0.15) is 0 Å². The molecule has 5 nitrogen and oxygen atoms in total. The second-order valence-electron chi connectivity index (χ2n) is 7.66. The summed E-state index contributed by atoms with van der Waals surface area (Å²) in [4.78, 5) is 28.5. The van der Waals surface area contributed by atoms with Crippen molar-refractivity contribution in [1.82, 2.24) is 9.80 Å². The Morgan fingerprint density at radius 1 is 1.22 bits per heavy atom. The van der Waals surface area contributed by atoms with Gasteiger partial charge in [0.2, 0.25) is 11.8 Å². The molecule has 2 amide bonds. The van der Waals surface area contributed by atoms with Crippen molar-refractivity contribution in [1.29, 1.82) is 0 Å². The van der Waals surface area contributed by atoms with E-state index in [9.17, 15) is 14.7 Å². The molecule has 3 rings (SSSR count). The average Bonchev–Trinajstić information content (AvgIpc) is 3.50. The summed E-state index contributed by atoms with van der Waals surface area (Å²) >= 11 is 0. The summed E-state index contributed by atoms with van der Waals surface area (Å²) in [5.74, 6) is 0.359. The first-order valence-corrected chi connectivity index (χ1v) is 9.91. The number of carbonyl (C=O) groups excluding carboxylic acids is 2. The van der Waals surface area contributed by atoms with E-state index in [1.807, 2.05) is 30.9 Å². The minimum atomic E-state index is -0.208. The minimum Gasteiger partial charge on any atom is -0.394 e. The van der Waals surface area contributed by atoms with Gasteiger partial charge in [-0.05, 0) is 30.9 Å². The van der Waals surface area contributed by atoms with Gasteiger partial charge in [0, 0.05) is 31.8 Å². The van der Waals surface area contributed by atoms with Crippen LogP contribution in [0.2, 0.25) is 0 Å². The highest BCUT2D eigenvalue weighted by Gasteiger charge is 2.53. The Bertz CT molecular complexity index is 709. The first kappa shape index (κ1) is 19.6. The second-order valence-corrected chi connectivity index (χ2v) is 7.66. The van der Waals surface area contributed by atoms with Crippen molar-refractivity contribution in [3.63, 3.8) is 0 Å². The van der Waals surface area contributed by atoms with Crippen LogP contribution in [0.5, 0.6) is 0 Å². The van der Waals surface area contributed by atoms with E-state index in [2.05, 4.69) is 24.3 Å². The molecule has 0 aromatic heterocycles. The largest absolute Gasteiger partial charge is 0.394 e. The molecule has 2 aliphatic rings. The predicted octanol–water partition coefficient (Wildman–Crippen LogP) is 2.65. The lowest BCUT2D eigenvalue weighted by atomic mass is 9.74. The fourth-order valence-corrected chi connectivity index (χ4v) is 4.14. The molecule has 2 fully saturated rings. The fraction of sp³-hybridized carbons (Fsp3) is 0.545. The average molecular weight is 370 g/mol. The van der Waals surface area contributed by atoms with Crippen LogP contribution >= 0.6 is 0 Å². The number of allylic oxidation sites excluding steroid dienone is 1. The van der Waals surface area contributed by atoms with Crippen molar-refractivity contribution in [3.8, 4) is 0 Å². The highest BCUT2D eigenvalue weighted by Crippen LogP contribution is 2.44. The summed E-state index contributed by atoms with van der Waals surface area (Å²) in [5, 5.41) is 10.00. The molecule has 27 heavy (non-hydrogen) atoms. The first-order valence-electron chi connectivity index (χ1n) is 9.91. The van der Waals surface area contributed by atoms with Gasteiger partial charge in [-0.25, -0.2) is 0 Å². The predicted molar refractivity (Wildman–Crippen MR) is 106 cm³/mol. The lowest BCUT2D eigenvalue weighted by Gasteiger charge is -2.56. The van der Waals surface area contributed by atoms with Crippen LogP contribution in [0.1, 0.15) is 50.2 Å². The number of likely N-dealkylation sites (N-methyl/N-ethyl adjacent to an activating group) is 1. The Labute approximate surface area is 161 Å². The zero-order valence-electron chi connectivity index (χ0n) is 16.5. The van der Waals surface area contributed by atoms with E-state index >= 15 is 0 Å². The van der Waals surface area contributed by atoms with Crippen LogP contribution in [0, 0.1) is 5.92 Å². The van der Waals surface area contributed by atoms with E-state index < -0.39 is 0 Å². The van der Waals surface area contributed by atoms with Gasteiger partial charge in [-0.15, -0.1) is 0 Å². The summed E-state index contributed by atoms with van der Waals surface area (Å²) in [5.41, 5.74) is 2.24. The quantitative estimate of drug-likeness (QED) is 0.803. The number of amides is 2. The number of benzene rings is 1. The van der Waals surface area contributed by atoms with E-state index in [-0.39, 0.29) is 42.3 Å². The molecule has 1 saturated heterocycles. The zero-order valence-corrected chi connectivity index (χ0v) is 16.5. The topological polar surface area (TPSA) is 60.9 Å². The standard InChI is InChI=1S/C22H30N2O3/c1-4-6-15-7-9-16(10-8-15)21-18(13-23(3)20(26)5-2)24(19(21)14-25)22(27)17-11-12-17/h4,6-10,17-19,21,25H,5,11-14H2,1-3H3/b6-4+/t18-,19+,21+/m0/s1. The fourth-order valence-electron chi connectivity index (χ4n) is 4.14. The molecule has 1 N–H and O–H groups in total. The Morgan fingerprint density at radius 3 is 2.41 bits per heavy atom. The van der Waals surface area contributed by atoms with Crippen LogP contribution in [0.3, 0.4) is 0 Å². The van der Waals surface area contributed by atoms with Gasteiger partial charge in [0.05, 0.1) is 18.7 Å². The number of rotatable bonds is 7. The third-order valence-corrected chi connectivity index (χ3v) is 5.78. The highest BCUT2D eigenvalue weighted by molar-refractivity contribution is 5.83. The summed E-state index contributed by atoms with van der Waals surface area (Å²) in [6.45, 7) is 4.28. The molecular formula is C22H30N2O3. The van der Waals surface area contributed by atoms with E-state index in [4.69, 9.17) is 0 Å². The van der Waals surface area contributed by atoms with E-state index in [0.29, 0.717) is 13.0 Å². The number of aliphatic hydroxyl groups is 1. The van der Waals surface area contributed by atoms with Crippen molar-refractivity contribution in [2.45, 2.75) is 51.1 Å². The normalized spacial score (nSPS) is 24.7. The Balaban J connectivity index is 1.86. The molecule has 1 saturated carbocycles. The van der Waals surface area contributed by atoms with Crippen LogP contribution < -0.4 is 0 Å². The van der Waals surface area contributed by atoms with Gasteiger partial charge in [0.1, 0.15) is 0 Å². The molecule has 3 atom stereocenters. The molecule has 1 aromatic carbocycles. The maximum atomic E-state index is 12.8. The maximum absolute atomic E-state index is 12.8. The van der Waals surface area contributed by atoms with Crippen LogP contribution in [-0.2, 0) is 9.59 Å². The molecule has 1 aliphatic carbocycles. The molecule has 1 aliphatic heterocycles. The van der Waals surface area contributed by atoms with Gasteiger partial charge < -0.3 is 14.9 Å². The number of hydrogen-bond donors (Lipinski definition) is 1. The third-order valence-electron chi connectivity index (χ3n) is 5.78. The molecular weight excluding hydrogens is 340 g/mol. The van der Waals surface area contributed by atoms with Gasteiger partial charge in [0.15, 0.2) is 0 Å². The molecule has 0 unspecified atom stereocenters. The van der Waals surface area contributed by atoms with Crippen LogP contribution in [-0.4, -0.2) is 59.0 Å². The summed E-state index contributed by atoms with van der Waals surface area (Å²) < 4.78 is 0. The second kappa shape index (κ2) is 8.26. The molecule has 0 spiro atoms.